The molecule has 0 aliphatic carbocycles. The van der Waals surface area contributed by atoms with Crippen LogP contribution in [0, 0.1) is 5.82 Å². The minimum absolute atomic E-state index is 0.0312. The van der Waals surface area contributed by atoms with E-state index in [1.165, 1.54) is 33.4 Å². The molecule has 0 atom stereocenters. The molecule has 0 unspecified atom stereocenters. The summed E-state index contributed by atoms with van der Waals surface area (Å²) < 4.78 is 16.6. The number of aromatic hydroxyl groups is 1. The van der Waals surface area contributed by atoms with Crippen molar-refractivity contribution in [2.24, 2.45) is 0 Å². The average molecular weight is 473 g/mol. The van der Waals surface area contributed by atoms with Gasteiger partial charge in [-0.05, 0) is 59.5 Å². The first-order chi connectivity index (χ1) is 16.9. The lowest BCUT2D eigenvalue weighted by Gasteiger charge is -2.15. The van der Waals surface area contributed by atoms with Gasteiger partial charge in [-0.15, -0.1) is 0 Å². The van der Waals surface area contributed by atoms with Gasteiger partial charge in [0.05, 0.1) is 17.4 Å². The smallest absolute Gasteiger partial charge is 0.331 e. The van der Waals surface area contributed by atoms with Gasteiger partial charge in [0.25, 0.3) is 5.56 Å². The van der Waals surface area contributed by atoms with E-state index in [1.54, 1.807) is 37.3 Å². The number of rotatable bonds is 8. The lowest BCUT2D eigenvalue weighted by atomic mass is 10.1. The fraction of sp³-hybridized carbons (Fsp3) is 0.179. The first kappa shape index (κ1) is 23.9. The van der Waals surface area contributed by atoms with E-state index in [9.17, 15) is 23.9 Å². The Morgan fingerprint density at radius 3 is 2.31 bits per heavy atom. The Morgan fingerprint density at radius 1 is 0.943 bits per heavy atom. The van der Waals surface area contributed by atoms with Crippen LogP contribution in [0.4, 0.5) is 4.39 Å². The van der Waals surface area contributed by atoms with Gasteiger partial charge in [0.2, 0.25) is 0 Å². The molecule has 178 valence electrons. The number of hydrogen-bond acceptors (Lipinski definition) is 4. The molecule has 0 spiro atoms. The van der Waals surface area contributed by atoms with Crippen LogP contribution >= 0.6 is 0 Å². The lowest BCUT2D eigenvalue weighted by molar-refractivity contribution is -0.114. The van der Waals surface area contributed by atoms with Crippen LogP contribution in [0.2, 0.25) is 0 Å². The number of phenols is 1. The molecule has 0 aliphatic heterocycles. The number of ketones is 1. The van der Waals surface area contributed by atoms with E-state index < -0.39 is 17.1 Å². The molecule has 0 radical (unpaired) electrons. The van der Waals surface area contributed by atoms with Gasteiger partial charge in [-0.25, -0.2) is 9.18 Å². The summed E-state index contributed by atoms with van der Waals surface area (Å²) in [5.74, 6) is -0.365. The number of fused-ring (bicyclic) bond motifs is 1. The Hall–Kier alpha value is -4.26. The monoisotopic (exact) mass is 472 g/mol. The normalized spacial score (nSPS) is 11.4. The number of phenolic OH excluding ortho intramolecular Hbond substituents is 1. The number of aromatic nitrogens is 2. The van der Waals surface area contributed by atoms with Crippen LogP contribution in [0.1, 0.15) is 30.0 Å². The molecule has 0 saturated carbocycles. The third kappa shape index (κ3) is 5.46. The van der Waals surface area contributed by atoms with Gasteiger partial charge in [-0.2, -0.15) is 0 Å². The molecular formula is C28H25FN2O4. The van der Waals surface area contributed by atoms with Crippen molar-refractivity contribution < 1.29 is 14.3 Å². The second kappa shape index (κ2) is 10.3. The van der Waals surface area contributed by atoms with Gasteiger partial charge in [0.1, 0.15) is 11.6 Å². The molecule has 1 heterocycles. The molecule has 7 heteroatoms. The van der Waals surface area contributed by atoms with Crippen molar-refractivity contribution in [2.75, 3.05) is 0 Å². The first-order valence-electron chi connectivity index (χ1n) is 11.4. The number of carbonyl (C=O) groups is 1. The molecule has 4 rings (SSSR count). The van der Waals surface area contributed by atoms with Crippen LogP contribution in [0.15, 0.2) is 82.4 Å². The molecule has 0 aliphatic rings. The minimum Gasteiger partial charge on any atom is -0.508 e. The molecule has 1 aromatic heterocycles. The molecule has 0 amide bonds. The van der Waals surface area contributed by atoms with Crippen LogP contribution < -0.4 is 11.2 Å². The summed E-state index contributed by atoms with van der Waals surface area (Å²) in [5, 5.41) is 9.73. The highest BCUT2D eigenvalue weighted by Crippen LogP contribution is 2.15. The summed E-state index contributed by atoms with van der Waals surface area (Å²) in [7, 11) is 0. The number of halogens is 1. The van der Waals surface area contributed by atoms with Gasteiger partial charge in [0, 0.05) is 13.0 Å². The summed E-state index contributed by atoms with van der Waals surface area (Å²) in [5.41, 5.74) is 1.74. The molecule has 0 fully saturated rings. The quantitative estimate of drug-likeness (QED) is 0.388. The maximum Gasteiger partial charge on any atom is 0.331 e. The topological polar surface area (TPSA) is 81.3 Å². The predicted molar refractivity (Wildman–Crippen MR) is 134 cm³/mol. The van der Waals surface area contributed by atoms with E-state index in [1.807, 2.05) is 24.3 Å². The predicted octanol–water partition coefficient (Wildman–Crippen LogP) is 4.29. The summed E-state index contributed by atoms with van der Waals surface area (Å²) in [6.07, 6.45) is 4.11. The van der Waals surface area contributed by atoms with Crippen molar-refractivity contribution in [1.82, 2.24) is 9.13 Å². The Balaban J connectivity index is 1.70. The van der Waals surface area contributed by atoms with E-state index >= 15 is 0 Å². The fourth-order valence-corrected chi connectivity index (χ4v) is 3.87. The number of nitrogens with zero attached hydrogens (tertiary/aromatic N) is 2. The van der Waals surface area contributed by atoms with Crippen LogP contribution in [0.5, 0.6) is 5.75 Å². The number of benzene rings is 3. The molecule has 4 aromatic rings. The van der Waals surface area contributed by atoms with E-state index in [0.717, 1.165) is 16.7 Å². The number of hydrogen-bond donors (Lipinski definition) is 1. The Kier molecular flexibility index (Phi) is 7.06. The van der Waals surface area contributed by atoms with Crippen molar-refractivity contribution in [2.45, 2.75) is 32.9 Å². The summed E-state index contributed by atoms with van der Waals surface area (Å²) >= 11 is 0. The van der Waals surface area contributed by atoms with Crippen LogP contribution in [-0.2, 0) is 24.3 Å². The second-order valence-corrected chi connectivity index (χ2v) is 8.30. The van der Waals surface area contributed by atoms with E-state index in [2.05, 4.69) is 0 Å². The number of aryl methyl sites for hydroxylation is 1. The van der Waals surface area contributed by atoms with Gasteiger partial charge in [0.15, 0.2) is 5.78 Å². The van der Waals surface area contributed by atoms with Crippen molar-refractivity contribution in [1.29, 1.82) is 0 Å². The molecule has 3 aromatic carbocycles. The standard InChI is InChI=1S/C28H25FN2O4/c1-2-23(32)11-7-19-3-5-21(6-4-19)18-31-26-17-22(29)10-14-25(26)27(34)30(28(31)35)16-15-20-8-12-24(33)13-9-20/h3-14,17,33H,2,15-16,18H2,1H3/b11-7+. The molecule has 1 N–H and O–H groups in total. The van der Waals surface area contributed by atoms with Gasteiger partial charge in [-0.1, -0.05) is 49.4 Å². The highest BCUT2D eigenvalue weighted by Gasteiger charge is 2.14. The Bertz CT molecular complexity index is 1510. The van der Waals surface area contributed by atoms with Crippen molar-refractivity contribution in [3.05, 3.63) is 116 Å². The molecular weight excluding hydrogens is 447 g/mol. The number of allylic oxidation sites excluding steroid dienone is 1. The summed E-state index contributed by atoms with van der Waals surface area (Å²) in [6.45, 7) is 2.09. The van der Waals surface area contributed by atoms with Gasteiger partial charge >= 0.3 is 5.69 Å². The zero-order valence-electron chi connectivity index (χ0n) is 19.3. The molecule has 0 saturated heterocycles. The maximum absolute atomic E-state index is 14.1. The highest BCUT2D eigenvalue weighted by molar-refractivity contribution is 5.93. The van der Waals surface area contributed by atoms with E-state index in [4.69, 9.17) is 0 Å². The van der Waals surface area contributed by atoms with Crippen molar-refractivity contribution in [3.63, 3.8) is 0 Å². The van der Waals surface area contributed by atoms with Crippen LogP contribution in [0.25, 0.3) is 17.0 Å². The van der Waals surface area contributed by atoms with Gasteiger partial charge in [-0.3, -0.25) is 18.7 Å². The average Bonchev–Trinajstić information content (AvgIpc) is 2.86. The molecule has 6 nitrogen and oxygen atoms in total. The van der Waals surface area contributed by atoms with Crippen LogP contribution in [-0.4, -0.2) is 20.0 Å². The van der Waals surface area contributed by atoms with Crippen LogP contribution in [0.3, 0.4) is 0 Å². The molecule has 0 bridgehead atoms. The maximum atomic E-state index is 14.1. The Morgan fingerprint density at radius 2 is 1.63 bits per heavy atom. The summed E-state index contributed by atoms with van der Waals surface area (Å²) in [4.78, 5) is 38.0. The zero-order chi connectivity index (χ0) is 24.9. The van der Waals surface area contributed by atoms with Crippen molar-refractivity contribution >= 4 is 22.8 Å². The fourth-order valence-electron chi connectivity index (χ4n) is 3.87. The zero-order valence-corrected chi connectivity index (χ0v) is 19.3. The third-order valence-electron chi connectivity index (χ3n) is 5.88. The molecule has 35 heavy (non-hydrogen) atoms. The van der Waals surface area contributed by atoms with Crippen molar-refractivity contribution in [3.8, 4) is 5.75 Å². The number of carbonyl (C=O) groups excluding carboxylic acids is 1. The lowest BCUT2D eigenvalue weighted by Crippen LogP contribution is -2.40. The Labute approximate surface area is 201 Å². The van der Waals surface area contributed by atoms with Gasteiger partial charge < -0.3 is 5.11 Å². The first-order valence-corrected chi connectivity index (χ1v) is 11.4. The largest absolute Gasteiger partial charge is 0.508 e. The third-order valence-corrected chi connectivity index (χ3v) is 5.88. The van der Waals surface area contributed by atoms with E-state index in [-0.39, 0.29) is 35.5 Å². The summed E-state index contributed by atoms with van der Waals surface area (Å²) in [6, 6.07) is 17.7. The minimum atomic E-state index is -0.534. The second-order valence-electron chi connectivity index (χ2n) is 8.30. The van der Waals surface area contributed by atoms with E-state index in [0.29, 0.717) is 12.8 Å². The SMILES string of the molecule is CCC(=O)/C=C/c1ccc(Cn2c(=O)n(CCc3ccc(O)cc3)c(=O)c3ccc(F)cc32)cc1. The highest BCUT2D eigenvalue weighted by atomic mass is 19.1.